The van der Waals surface area contributed by atoms with Gasteiger partial charge in [0, 0.05) is 12.6 Å². The van der Waals surface area contributed by atoms with Crippen LogP contribution in [0.4, 0.5) is 0 Å². The third-order valence-corrected chi connectivity index (χ3v) is 2.32. The fourth-order valence-corrected chi connectivity index (χ4v) is 1.72. The van der Waals surface area contributed by atoms with Crippen molar-refractivity contribution in [3.05, 3.63) is 0 Å². The Hall–Kier alpha value is -0.0800. The molecule has 2 saturated heterocycles. The minimum Gasteiger partial charge on any atom is -0.364 e. The van der Waals surface area contributed by atoms with Crippen LogP contribution in [0.15, 0.2) is 0 Å². The van der Waals surface area contributed by atoms with E-state index in [1.165, 1.54) is 25.8 Å². The van der Waals surface area contributed by atoms with Gasteiger partial charge in [-0.2, -0.15) is 0 Å². The second kappa shape index (κ2) is 2.27. The first-order valence-electron chi connectivity index (χ1n) is 3.78. The first kappa shape index (κ1) is 5.69. The fourth-order valence-electron chi connectivity index (χ4n) is 1.72. The van der Waals surface area contributed by atoms with Crippen molar-refractivity contribution in [1.29, 1.82) is 0 Å². The van der Waals surface area contributed by atoms with Crippen molar-refractivity contribution >= 4 is 0 Å². The zero-order valence-electron chi connectivity index (χ0n) is 5.68. The van der Waals surface area contributed by atoms with Gasteiger partial charge in [-0.3, -0.25) is 4.90 Å². The molecule has 2 rings (SSSR count). The summed E-state index contributed by atoms with van der Waals surface area (Å²) in [6.45, 7) is 3.15. The van der Waals surface area contributed by atoms with Crippen LogP contribution in [0.2, 0.25) is 0 Å². The van der Waals surface area contributed by atoms with E-state index in [2.05, 4.69) is 4.90 Å². The van der Waals surface area contributed by atoms with E-state index >= 15 is 0 Å². The van der Waals surface area contributed by atoms with Gasteiger partial charge in [-0.05, 0) is 12.8 Å². The number of hydrogen-bond acceptors (Lipinski definition) is 2. The molecule has 0 radical (unpaired) electrons. The molecule has 52 valence electrons. The van der Waals surface area contributed by atoms with Crippen molar-refractivity contribution in [3.8, 4) is 0 Å². The van der Waals surface area contributed by atoms with Gasteiger partial charge in [-0.25, -0.2) is 0 Å². The first-order chi connectivity index (χ1) is 4.47. The van der Waals surface area contributed by atoms with Crippen LogP contribution in [0, 0.1) is 0 Å². The molecule has 0 aromatic carbocycles. The maximum atomic E-state index is 5.32. The molecule has 0 spiro atoms. The number of fused-ring (bicyclic) bond motifs is 1. The smallest absolute Gasteiger partial charge is 0.0994 e. The molecule has 1 atom stereocenters. The van der Waals surface area contributed by atoms with Crippen molar-refractivity contribution in [2.45, 2.75) is 25.3 Å². The van der Waals surface area contributed by atoms with Gasteiger partial charge in [0.1, 0.15) is 0 Å². The molecule has 2 aliphatic rings. The van der Waals surface area contributed by atoms with Gasteiger partial charge >= 0.3 is 0 Å². The number of nitrogens with zero attached hydrogens (tertiary/aromatic N) is 1. The van der Waals surface area contributed by atoms with E-state index in [1.54, 1.807) is 0 Å². The molecule has 2 aliphatic heterocycles. The molecule has 2 heteroatoms. The van der Waals surface area contributed by atoms with Crippen LogP contribution in [0.1, 0.15) is 19.3 Å². The fraction of sp³-hybridized carbons (Fsp3) is 1.00. The molecule has 0 saturated carbocycles. The van der Waals surface area contributed by atoms with Crippen LogP contribution in [0.3, 0.4) is 0 Å². The lowest BCUT2D eigenvalue weighted by molar-refractivity contribution is 0.130. The standard InChI is InChI=1S/C7H13NO/c1-2-4-8-6-9-5-7(8)3-1/h7H,1-6H2. The molecule has 9 heavy (non-hydrogen) atoms. The highest BCUT2D eigenvalue weighted by Crippen LogP contribution is 2.20. The summed E-state index contributed by atoms with van der Waals surface area (Å²) < 4.78 is 5.32. The molecule has 2 fully saturated rings. The van der Waals surface area contributed by atoms with Crippen LogP contribution in [0.5, 0.6) is 0 Å². The summed E-state index contributed by atoms with van der Waals surface area (Å²) in [5.41, 5.74) is 0. The summed E-state index contributed by atoms with van der Waals surface area (Å²) in [5, 5.41) is 0. The Balaban J connectivity index is 1.97. The van der Waals surface area contributed by atoms with E-state index < -0.39 is 0 Å². The third-order valence-electron chi connectivity index (χ3n) is 2.32. The van der Waals surface area contributed by atoms with E-state index in [9.17, 15) is 0 Å². The summed E-state index contributed by atoms with van der Waals surface area (Å²) in [4.78, 5) is 2.45. The van der Waals surface area contributed by atoms with Gasteiger partial charge in [0.05, 0.1) is 13.3 Å². The van der Waals surface area contributed by atoms with Crippen LogP contribution >= 0.6 is 0 Å². The Morgan fingerprint density at radius 3 is 3.22 bits per heavy atom. The monoisotopic (exact) mass is 127 g/mol. The number of rotatable bonds is 0. The van der Waals surface area contributed by atoms with Crippen molar-refractivity contribution in [3.63, 3.8) is 0 Å². The highest BCUT2D eigenvalue weighted by Gasteiger charge is 2.26. The highest BCUT2D eigenvalue weighted by molar-refractivity contribution is 4.78. The van der Waals surface area contributed by atoms with E-state index in [4.69, 9.17) is 4.74 Å². The topological polar surface area (TPSA) is 12.5 Å². The zero-order chi connectivity index (χ0) is 6.10. The SMILES string of the molecule is C1CCN2COCC2C1. The normalized spacial score (nSPS) is 36.7. The van der Waals surface area contributed by atoms with E-state index in [-0.39, 0.29) is 0 Å². The molecular weight excluding hydrogens is 114 g/mol. The largest absolute Gasteiger partial charge is 0.364 e. The van der Waals surface area contributed by atoms with Crippen LogP contribution in [-0.4, -0.2) is 30.8 Å². The second-order valence-electron chi connectivity index (χ2n) is 2.96. The molecule has 1 unspecified atom stereocenters. The third kappa shape index (κ3) is 0.970. The average Bonchev–Trinajstić information content (AvgIpc) is 2.33. The van der Waals surface area contributed by atoms with E-state index in [0.29, 0.717) is 0 Å². The summed E-state index contributed by atoms with van der Waals surface area (Å²) in [5.74, 6) is 0. The van der Waals surface area contributed by atoms with Gasteiger partial charge in [0.25, 0.3) is 0 Å². The lowest BCUT2D eigenvalue weighted by Gasteiger charge is -2.26. The van der Waals surface area contributed by atoms with Crippen molar-refractivity contribution in [1.82, 2.24) is 4.90 Å². The molecule has 2 heterocycles. The van der Waals surface area contributed by atoms with Gasteiger partial charge in [0.2, 0.25) is 0 Å². The Morgan fingerprint density at radius 1 is 1.33 bits per heavy atom. The Morgan fingerprint density at radius 2 is 2.33 bits per heavy atom. The molecule has 2 nitrogen and oxygen atoms in total. The predicted octanol–water partition coefficient (Wildman–Crippen LogP) is 0.829. The van der Waals surface area contributed by atoms with E-state index in [0.717, 1.165) is 19.4 Å². The lowest BCUT2D eigenvalue weighted by Crippen LogP contribution is -2.35. The molecule has 0 N–H and O–H groups in total. The Kier molecular flexibility index (Phi) is 1.44. The quantitative estimate of drug-likeness (QED) is 0.478. The molecule has 0 aromatic rings. The number of piperidine rings is 1. The van der Waals surface area contributed by atoms with E-state index in [1.807, 2.05) is 0 Å². The second-order valence-corrected chi connectivity index (χ2v) is 2.96. The minimum atomic E-state index is 0.777. The van der Waals surface area contributed by atoms with Gasteiger partial charge in [0.15, 0.2) is 0 Å². The van der Waals surface area contributed by atoms with Gasteiger partial charge < -0.3 is 4.74 Å². The summed E-state index contributed by atoms with van der Waals surface area (Å²) in [6.07, 6.45) is 4.14. The van der Waals surface area contributed by atoms with Crippen molar-refractivity contribution in [2.75, 3.05) is 19.9 Å². The number of hydrogen-bond donors (Lipinski definition) is 0. The minimum absolute atomic E-state index is 0.777. The van der Waals surface area contributed by atoms with Crippen LogP contribution in [0.25, 0.3) is 0 Å². The summed E-state index contributed by atoms with van der Waals surface area (Å²) in [6, 6.07) is 0.777. The highest BCUT2D eigenvalue weighted by atomic mass is 16.5. The molecular formula is C7H13NO. The summed E-state index contributed by atoms with van der Waals surface area (Å²) >= 11 is 0. The predicted molar refractivity (Wildman–Crippen MR) is 35.2 cm³/mol. The van der Waals surface area contributed by atoms with Gasteiger partial charge in [-0.15, -0.1) is 0 Å². The van der Waals surface area contributed by atoms with Crippen LogP contribution in [-0.2, 0) is 4.74 Å². The van der Waals surface area contributed by atoms with Crippen molar-refractivity contribution in [2.24, 2.45) is 0 Å². The van der Waals surface area contributed by atoms with Gasteiger partial charge in [-0.1, -0.05) is 6.42 Å². The van der Waals surface area contributed by atoms with Crippen molar-refractivity contribution < 1.29 is 4.74 Å². The summed E-state index contributed by atoms with van der Waals surface area (Å²) in [7, 11) is 0. The zero-order valence-corrected chi connectivity index (χ0v) is 5.68. The first-order valence-corrected chi connectivity index (χ1v) is 3.78. The lowest BCUT2D eigenvalue weighted by atomic mass is 10.1. The molecule has 0 aromatic heterocycles. The Bertz CT molecular complexity index is 93.1. The molecule has 0 amide bonds. The number of ether oxygens (including phenoxy) is 1. The molecule has 0 aliphatic carbocycles. The maximum Gasteiger partial charge on any atom is 0.0994 e. The van der Waals surface area contributed by atoms with Crippen LogP contribution < -0.4 is 0 Å². The molecule has 0 bridgehead atoms. The maximum absolute atomic E-state index is 5.32. The Labute approximate surface area is 55.8 Å². The average molecular weight is 127 g/mol.